The lowest BCUT2D eigenvalue weighted by molar-refractivity contribution is 0.172. The lowest BCUT2D eigenvalue weighted by Crippen LogP contribution is -2.13. The van der Waals surface area contributed by atoms with Gasteiger partial charge in [0.25, 0.3) is 0 Å². The summed E-state index contributed by atoms with van der Waals surface area (Å²) in [5, 5.41) is 11.8. The highest BCUT2D eigenvalue weighted by atomic mass is 35.5. The molecule has 0 saturated carbocycles. The van der Waals surface area contributed by atoms with Crippen molar-refractivity contribution < 1.29 is 14.7 Å². The Kier molecular flexibility index (Phi) is 5.59. The van der Waals surface area contributed by atoms with E-state index < -0.39 is 0 Å². The van der Waals surface area contributed by atoms with E-state index in [1.165, 1.54) is 0 Å². The first-order chi connectivity index (χ1) is 8.19. The number of halogens is 1. The highest BCUT2D eigenvalue weighted by Crippen LogP contribution is 2.25. The average Bonchev–Trinajstić information content (AvgIpc) is 2.35. The molecule has 0 saturated heterocycles. The zero-order valence-corrected chi connectivity index (χ0v) is 10.3. The summed E-state index contributed by atoms with van der Waals surface area (Å²) in [6.07, 6.45) is 0.787. The molecular weight excluding hydrogens is 244 g/mol. The average molecular weight is 259 g/mol. The summed E-state index contributed by atoms with van der Waals surface area (Å²) < 4.78 is 10.4. The van der Waals surface area contributed by atoms with Crippen LogP contribution >= 0.6 is 11.6 Å². The van der Waals surface area contributed by atoms with Gasteiger partial charge in [0.2, 0.25) is 0 Å². The maximum atomic E-state index is 8.52. The van der Waals surface area contributed by atoms with Crippen LogP contribution in [-0.4, -0.2) is 31.4 Å². The fraction of sp³-hybridized carbons (Fsp3) is 0.364. The zero-order chi connectivity index (χ0) is 12.7. The van der Waals surface area contributed by atoms with Gasteiger partial charge in [-0.15, -0.1) is 0 Å². The van der Waals surface area contributed by atoms with Gasteiger partial charge in [-0.2, -0.15) is 0 Å². The summed E-state index contributed by atoms with van der Waals surface area (Å²) in [7, 11) is 1.64. The number of ether oxygens (including phenoxy) is 2. The lowest BCUT2D eigenvalue weighted by atomic mass is 10.2. The third-order valence-corrected chi connectivity index (χ3v) is 2.38. The molecule has 0 unspecified atom stereocenters. The third-order valence-electron chi connectivity index (χ3n) is 2.09. The first-order valence-electron chi connectivity index (χ1n) is 5.08. The standard InChI is InChI=1S/C11H15ClN2O3/c1-16-5-2-6-17-10-4-3-8(7-9(10)12)11(13)14-15/h3-4,7,15H,2,5-6H2,1H3,(H2,13,14). The number of rotatable bonds is 6. The zero-order valence-electron chi connectivity index (χ0n) is 9.52. The van der Waals surface area contributed by atoms with Crippen LogP contribution in [0.1, 0.15) is 12.0 Å². The number of hydrogen-bond donors (Lipinski definition) is 2. The van der Waals surface area contributed by atoms with Gasteiger partial charge >= 0.3 is 0 Å². The Morgan fingerprint density at radius 2 is 2.24 bits per heavy atom. The van der Waals surface area contributed by atoms with Gasteiger partial charge in [0, 0.05) is 25.7 Å². The molecule has 0 amide bonds. The maximum absolute atomic E-state index is 8.52. The lowest BCUT2D eigenvalue weighted by Gasteiger charge is -2.08. The molecule has 0 aliphatic carbocycles. The van der Waals surface area contributed by atoms with E-state index in [1.807, 2.05) is 0 Å². The van der Waals surface area contributed by atoms with Crippen molar-refractivity contribution in [1.29, 1.82) is 0 Å². The van der Waals surface area contributed by atoms with Crippen molar-refractivity contribution in [1.82, 2.24) is 0 Å². The third kappa shape index (κ3) is 4.13. The second kappa shape index (κ2) is 6.98. The fourth-order valence-corrected chi connectivity index (χ4v) is 1.46. The van der Waals surface area contributed by atoms with Gasteiger partial charge in [-0.1, -0.05) is 16.8 Å². The number of amidine groups is 1. The second-order valence-corrected chi connectivity index (χ2v) is 3.73. The van der Waals surface area contributed by atoms with Crippen LogP contribution in [0.5, 0.6) is 5.75 Å². The first kappa shape index (κ1) is 13.6. The minimum absolute atomic E-state index is 0.0119. The Bertz CT molecular complexity index is 396. The van der Waals surface area contributed by atoms with Crippen molar-refractivity contribution in [2.75, 3.05) is 20.3 Å². The highest BCUT2D eigenvalue weighted by Gasteiger charge is 2.05. The number of hydrogen-bond acceptors (Lipinski definition) is 4. The number of nitrogens with two attached hydrogens (primary N) is 1. The van der Waals surface area contributed by atoms with E-state index in [1.54, 1.807) is 25.3 Å². The van der Waals surface area contributed by atoms with Crippen LogP contribution in [0.2, 0.25) is 5.02 Å². The second-order valence-electron chi connectivity index (χ2n) is 3.33. The van der Waals surface area contributed by atoms with Gasteiger partial charge in [-0.25, -0.2) is 0 Å². The quantitative estimate of drug-likeness (QED) is 0.268. The molecule has 0 aliphatic heterocycles. The van der Waals surface area contributed by atoms with Crippen LogP contribution in [0.25, 0.3) is 0 Å². The molecular formula is C11H15ClN2O3. The van der Waals surface area contributed by atoms with Crippen molar-refractivity contribution in [3.8, 4) is 5.75 Å². The maximum Gasteiger partial charge on any atom is 0.170 e. The summed E-state index contributed by atoms with van der Waals surface area (Å²) in [6.45, 7) is 1.16. The van der Waals surface area contributed by atoms with Crippen LogP contribution in [0.3, 0.4) is 0 Å². The highest BCUT2D eigenvalue weighted by molar-refractivity contribution is 6.32. The summed E-state index contributed by atoms with van der Waals surface area (Å²) in [4.78, 5) is 0. The molecule has 0 spiro atoms. The number of benzene rings is 1. The van der Waals surface area contributed by atoms with E-state index >= 15 is 0 Å². The largest absolute Gasteiger partial charge is 0.492 e. The number of nitrogens with zero attached hydrogens (tertiary/aromatic N) is 1. The van der Waals surface area contributed by atoms with Gasteiger partial charge in [0.1, 0.15) is 5.75 Å². The van der Waals surface area contributed by atoms with E-state index in [0.717, 1.165) is 6.42 Å². The molecule has 1 aromatic carbocycles. The molecule has 0 radical (unpaired) electrons. The van der Waals surface area contributed by atoms with Crippen LogP contribution in [0, 0.1) is 0 Å². The molecule has 0 fully saturated rings. The van der Waals surface area contributed by atoms with Crippen molar-refractivity contribution in [3.63, 3.8) is 0 Å². The minimum atomic E-state index is 0.0119. The Morgan fingerprint density at radius 1 is 1.47 bits per heavy atom. The first-order valence-corrected chi connectivity index (χ1v) is 5.46. The van der Waals surface area contributed by atoms with Crippen LogP contribution in [0.4, 0.5) is 0 Å². The molecule has 0 heterocycles. The Morgan fingerprint density at radius 3 is 2.82 bits per heavy atom. The Balaban J connectivity index is 2.63. The monoisotopic (exact) mass is 258 g/mol. The van der Waals surface area contributed by atoms with Crippen LogP contribution in [-0.2, 0) is 4.74 Å². The molecule has 17 heavy (non-hydrogen) atoms. The molecule has 0 aliphatic rings. The van der Waals surface area contributed by atoms with E-state index in [2.05, 4.69) is 5.16 Å². The van der Waals surface area contributed by atoms with Gasteiger partial charge in [-0.05, 0) is 18.2 Å². The van der Waals surface area contributed by atoms with Crippen molar-refractivity contribution in [2.45, 2.75) is 6.42 Å². The predicted octanol–water partition coefficient (Wildman–Crippen LogP) is 1.85. The summed E-state index contributed by atoms with van der Waals surface area (Å²) >= 11 is 5.99. The summed E-state index contributed by atoms with van der Waals surface area (Å²) in [6, 6.07) is 4.94. The normalized spacial score (nSPS) is 11.5. The molecule has 1 rings (SSSR count). The smallest absolute Gasteiger partial charge is 0.170 e. The molecule has 1 aromatic rings. The van der Waals surface area contributed by atoms with Gasteiger partial charge in [0.05, 0.1) is 11.6 Å². The van der Waals surface area contributed by atoms with Crippen molar-refractivity contribution in [3.05, 3.63) is 28.8 Å². The topological polar surface area (TPSA) is 77.1 Å². The Hall–Kier alpha value is -1.46. The molecule has 0 bridgehead atoms. The van der Waals surface area contributed by atoms with Crippen molar-refractivity contribution in [2.24, 2.45) is 10.9 Å². The van der Waals surface area contributed by atoms with Gasteiger partial charge < -0.3 is 20.4 Å². The summed E-state index contributed by atoms with van der Waals surface area (Å²) in [5.41, 5.74) is 5.98. The minimum Gasteiger partial charge on any atom is -0.492 e. The number of methoxy groups -OCH3 is 1. The fourth-order valence-electron chi connectivity index (χ4n) is 1.22. The molecule has 3 N–H and O–H groups in total. The predicted molar refractivity (Wildman–Crippen MR) is 66.0 cm³/mol. The SMILES string of the molecule is COCCCOc1ccc(C(N)=NO)cc1Cl. The van der Waals surface area contributed by atoms with Gasteiger partial charge in [-0.3, -0.25) is 0 Å². The molecule has 94 valence electrons. The van der Waals surface area contributed by atoms with E-state index in [-0.39, 0.29) is 5.84 Å². The van der Waals surface area contributed by atoms with Crippen LogP contribution < -0.4 is 10.5 Å². The van der Waals surface area contributed by atoms with Gasteiger partial charge in [0.15, 0.2) is 5.84 Å². The number of oxime groups is 1. The summed E-state index contributed by atoms with van der Waals surface area (Å²) in [5.74, 6) is 0.579. The molecule has 0 aromatic heterocycles. The van der Waals surface area contributed by atoms with E-state index in [9.17, 15) is 0 Å². The van der Waals surface area contributed by atoms with Crippen molar-refractivity contribution >= 4 is 17.4 Å². The van der Waals surface area contributed by atoms with E-state index in [0.29, 0.717) is 29.5 Å². The Labute approximate surface area is 105 Å². The molecule has 0 atom stereocenters. The molecule has 5 nitrogen and oxygen atoms in total. The molecule has 6 heteroatoms. The van der Waals surface area contributed by atoms with E-state index in [4.69, 9.17) is 32.0 Å². The van der Waals surface area contributed by atoms with Crippen LogP contribution in [0.15, 0.2) is 23.4 Å².